The smallest absolute Gasteiger partial charge is 0.256 e. The number of nitrogens with one attached hydrogen (secondary N) is 1. The molecule has 0 aromatic carbocycles. The molecule has 0 bridgehead atoms. The Balaban J connectivity index is 1.77. The third-order valence-electron chi connectivity index (χ3n) is 4.97. The van der Waals surface area contributed by atoms with E-state index in [-0.39, 0.29) is 11.9 Å². The molecule has 6 heteroatoms. The van der Waals surface area contributed by atoms with Crippen LogP contribution in [0.5, 0.6) is 5.88 Å². The first-order valence-corrected chi connectivity index (χ1v) is 8.74. The molecule has 3 rings (SSSR count). The summed E-state index contributed by atoms with van der Waals surface area (Å²) in [5, 5.41) is 3.38. The van der Waals surface area contributed by atoms with Crippen molar-refractivity contribution in [3.63, 3.8) is 0 Å². The number of carbonyl (C=O) groups excluding carboxylic acids is 1. The molecule has 0 radical (unpaired) electrons. The third kappa shape index (κ3) is 3.39. The quantitative estimate of drug-likeness (QED) is 0.828. The van der Waals surface area contributed by atoms with Crippen molar-refractivity contribution in [3.05, 3.63) is 22.9 Å². The highest BCUT2D eigenvalue weighted by Crippen LogP contribution is 2.33. The van der Waals surface area contributed by atoms with E-state index in [1.807, 2.05) is 11.0 Å². The average molecular weight is 333 g/mol. The van der Waals surface area contributed by atoms with Crippen LogP contribution in [0.3, 0.4) is 0 Å². The van der Waals surface area contributed by atoms with E-state index in [1.54, 1.807) is 14.2 Å². The molecule has 1 aromatic rings. The fourth-order valence-corrected chi connectivity index (χ4v) is 3.67. The van der Waals surface area contributed by atoms with Crippen LogP contribution >= 0.6 is 0 Å². The van der Waals surface area contributed by atoms with Crippen LogP contribution in [0.2, 0.25) is 0 Å². The lowest BCUT2D eigenvalue weighted by molar-refractivity contribution is 0.0706. The molecule has 6 nitrogen and oxygen atoms in total. The minimum Gasteiger partial charge on any atom is -0.481 e. The second-order valence-electron chi connectivity index (χ2n) is 6.76. The minimum absolute atomic E-state index is 0.123. The number of pyridine rings is 1. The molecule has 24 heavy (non-hydrogen) atoms. The maximum absolute atomic E-state index is 12.8. The number of hydrogen-bond donors (Lipinski definition) is 1. The molecule has 0 spiro atoms. The molecule has 0 saturated heterocycles. The Bertz CT molecular complexity index is 599. The molecule has 1 N–H and O–H groups in total. The van der Waals surface area contributed by atoms with Crippen LogP contribution in [0.25, 0.3) is 0 Å². The lowest BCUT2D eigenvalue weighted by atomic mass is 10.1. The lowest BCUT2D eigenvalue weighted by Crippen LogP contribution is -2.33. The molecule has 1 unspecified atom stereocenters. The average Bonchev–Trinajstić information content (AvgIpc) is 3.20. The summed E-state index contributed by atoms with van der Waals surface area (Å²) in [4.78, 5) is 19.4. The van der Waals surface area contributed by atoms with Gasteiger partial charge in [0.15, 0.2) is 0 Å². The first kappa shape index (κ1) is 17.2. The van der Waals surface area contributed by atoms with Gasteiger partial charge in [0.25, 0.3) is 5.91 Å². The summed E-state index contributed by atoms with van der Waals surface area (Å²) in [6.07, 6.45) is 4.65. The SMILES string of the molecule is COCC(C)NCc1cc2c(nc1OC)CN(C1CCCC1)C2=O. The van der Waals surface area contributed by atoms with Gasteiger partial charge in [-0.2, -0.15) is 0 Å². The Labute approximate surface area is 143 Å². The van der Waals surface area contributed by atoms with E-state index < -0.39 is 0 Å². The van der Waals surface area contributed by atoms with Crippen molar-refractivity contribution in [1.82, 2.24) is 15.2 Å². The van der Waals surface area contributed by atoms with Crippen molar-refractivity contribution in [2.75, 3.05) is 20.8 Å². The molecule has 1 amide bonds. The minimum atomic E-state index is 0.123. The van der Waals surface area contributed by atoms with E-state index in [9.17, 15) is 4.79 Å². The van der Waals surface area contributed by atoms with Gasteiger partial charge >= 0.3 is 0 Å². The van der Waals surface area contributed by atoms with Gasteiger partial charge in [0.05, 0.1) is 31.5 Å². The van der Waals surface area contributed by atoms with Gasteiger partial charge in [0.1, 0.15) is 0 Å². The molecule has 1 aromatic heterocycles. The molecule has 1 aliphatic heterocycles. The monoisotopic (exact) mass is 333 g/mol. The Morgan fingerprint density at radius 3 is 2.79 bits per heavy atom. The number of methoxy groups -OCH3 is 2. The summed E-state index contributed by atoms with van der Waals surface area (Å²) in [7, 11) is 3.31. The molecule has 2 heterocycles. The summed E-state index contributed by atoms with van der Waals surface area (Å²) in [6.45, 7) is 3.91. The molecule has 2 aliphatic rings. The van der Waals surface area contributed by atoms with Crippen LogP contribution in [0.15, 0.2) is 6.07 Å². The number of rotatable bonds is 7. The molecular formula is C18H27N3O3. The van der Waals surface area contributed by atoms with Gasteiger partial charge < -0.3 is 19.7 Å². The molecule has 132 valence electrons. The van der Waals surface area contributed by atoms with Gasteiger partial charge in [-0.3, -0.25) is 4.79 Å². The number of fused-ring (bicyclic) bond motifs is 1. The Kier molecular flexibility index (Phi) is 5.36. The largest absolute Gasteiger partial charge is 0.481 e. The Hall–Kier alpha value is -1.66. The van der Waals surface area contributed by atoms with Crippen molar-refractivity contribution in [3.8, 4) is 5.88 Å². The van der Waals surface area contributed by atoms with Gasteiger partial charge in [-0.15, -0.1) is 0 Å². The van der Waals surface area contributed by atoms with Crippen LogP contribution in [0.1, 0.15) is 54.2 Å². The Morgan fingerprint density at radius 1 is 1.38 bits per heavy atom. The first-order chi connectivity index (χ1) is 11.6. The molecule has 1 atom stereocenters. The number of carbonyl (C=O) groups is 1. The zero-order chi connectivity index (χ0) is 17.1. The van der Waals surface area contributed by atoms with Gasteiger partial charge in [-0.05, 0) is 25.8 Å². The van der Waals surface area contributed by atoms with Crippen molar-refractivity contribution in [1.29, 1.82) is 0 Å². The second-order valence-corrected chi connectivity index (χ2v) is 6.76. The van der Waals surface area contributed by atoms with Crippen molar-refractivity contribution in [2.24, 2.45) is 0 Å². The predicted molar refractivity (Wildman–Crippen MR) is 91.1 cm³/mol. The fraction of sp³-hybridized carbons (Fsp3) is 0.667. The van der Waals surface area contributed by atoms with Gasteiger partial charge in [0, 0.05) is 31.3 Å². The summed E-state index contributed by atoms with van der Waals surface area (Å²) in [5.41, 5.74) is 2.50. The highest BCUT2D eigenvalue weighted by Gasteiger charge is 2.35. The fourth-order valence-electron chi connectivity index (χ4n) is 3.67. The van der Waals surface area contributed by atoms with Crippen LogP contribution in [0.4, 0.5) is 0 Å². The highest BCUT2D eigenvalue weighted by molar-refractivity contribution is 5.98. The van der Waals surface area contributed by atoms with Gasteiger partial charge in [-0.25, -0.2) is 4.98 Å². The molecular weight excluding hydrogens is 306 g/mol. The van der Waals surface area contributed by atoms with Crippen molar-refractivity contribution < 1.29 is 14.3 Å². The van der Waals surface area contributed by atoms with Gasteiger partial charge in [0.2, 0.25) is 5.88 Å². The third-order valence-corrected chi connectivity index (χ3v) is 4.97. The normalized spacial score (nSPS) is 19.0. The van der Waals surface area contributed by atoms with Crippen LogP contribution in [0, 0.1) is 0 Å². The molecule has 1 aliphatic carbocycles. The van der Waals surface area contributed by atoms with E-state index in [4.69, 9.17) is 9.47 Å². The second kappa shape index (κ2) is 7.49. The maximum Gasteiger partial charge on any atom is 0.256 e. The van der Waals surface area contributed by atoms with Crippen LogP contribution in [-0.4, -0.2) is 48.7 Å². The standard InChI is InChI=1S/C18H27N3O3/c1-12(11-23-2)19-9-13-8-15-16(20-17(13)24-3)10-21(18(15)22)14-6-4-5-7-14/h8,12,14,19H,4-7,9-11H2,1-3H3. The predicted octanol–water partition coefficient (Wildman–Crippen LogP) is 2.11. The summed E-state index contributed by atoms with van der Waals surface area (Å²) < 4.78 is 10.6. The Morgan fingerprint density at radius 2 is 2.12 bits per heavy atom. The van der Waals surface area contributed by atoms with E-state index in [2.05, 4.69) is 17.2 Å². The lowest BCUT2D eigenvalue weighted by Gasteiger charge is -2.22. The van der Waals surface area contributed by atoms with Crippen LogP contribution < -0.4 is 10.1 Å². The molecule has 1 fully saturated rings. The number of amides is 1. The number of aromatic nitrogens is 1. The number of nitrogens with zero attached hydrogens (tertiary/aromatic N) is 2. The highest BCUT2D eigenvalue weighted by atomic mass is 16.5. The van der Waals surface area contributed by atoms with Crippen molar-refractivity contribution >= 4 is 5.91 Å². The zero-order valence-corrected chi connectivity index (χ0v) is 14.8. The molecule has 1 saturated carbocycles. The summed E-state index contributed by atoms with van der Waals surface area (Å²) in [6, 6.07) is 2.55. The number of ether oxygens (including phenoxy) is 2. The topological polar surface area (TPSA) is 63.7 Å². The summed E-state index contributed by atoms with van der Waals surface area (Å²) in [5.74, 6) is 0.727. The van der Waals surface area contributed by atoms with Gasteiger partial charge in [-0.1, -0.05) is 12.8 Å². The van der Waals surface area contributed by atoms with E-state index in [1.165, 1.54) is 12.8 Å². The van der Waals surface area contributed by atoms with E-state index >= 15 is 0 Å². The number of hydrogen-bond acceptors (Lipinski definition) is 5. The van der Waals surface area contributed by atoms with E-state index in [0.29, 0.717) is 31.6 Å². The first-order valence-electron chi connectivity index (χ1n) is 8.74. The zero-order valence-electron chi connectivity index (χ0n) is 14.8. The maximum atomic E-state index is 12.8. The van der Waals surface area contributed by atoms with Crippen LogP contribution in [-0.2, 0) is 17.8 Å². The van der Waals surface area contributed by atoms with Crippen molar-refractivity contribution in [2.45, 2.75) is 57.8 Å². The van der Waals surface area contributed by atoms with E-state index in [0.717, 1.165) is 29.7 Å². The summed E-state index contributed by atoms with van der Waals surface area (Å²) >= 11 is 0.